The van der Waals surface area contributed by atoms with Crippen LogP contribution in [0.1, 0.15) is 31.4 Å². The van der Waals surface area contributed by atoms with Crippen molar-refractivity contribution in [2.24, 2.45) is 0 Å². The minimum atomic E-state index is -0.258. The molecule has 1 aliphatic heterocycles. The summed E-state index contributed by atoms with van der Waals surface area (Å²) >= 11 is 1.30. The van der Waals surface area contributed by atoms with Gasteiger partial charge in [0.15, 0.2) is 5.82 Å². The molecule has 1 fully saturated rings. The third-order valence-electron chi connectivity index (χ3n) is 5.06. The summed E-state index contributed by atoms with van der Waals surface area (Å²) < 4.78 is 18.4. The standard InChI is InChI=1S/C21H23FN4OS/c1-14(23-21-24-20(25-28-21)15-5-3-2-4-6-15)18-13-16(22)7-8-19(18)26-11-9-17(27)10-12-26/h2-8,13-14,17,27H,9-12H2,1H3,(H,23,24,25). The predicted molar refractivity (Wildman–Crippen MR) is 111 cm³/mol. The number of aliphatic hydroxyl groups excluding tert-OH is 1. The molecule has 146 valence electrons. The number of benzene rings is 2. The maximum Gasteiger partial charge on any atom is 0.203 e. The lowest BCUT2D eigenvalue weighted by atomic mass is 10.0. The van der Waals surface area contributed by atoms with Crippen LogP contribution < -0.4 is 10.2 Å². The summed E-state index contributed by atoms with van der Waals surface area (Å²) in [6, 6.07) is 14.6. The molecule has 3 aromatic rings. The first-order chi connectivity index (χ1) is 13.6. The second kappa shape index (κ2) is 8.24. The highest BCUT2D eigenvalue weighted by Crippen LogP contribution is 2.32. The molecule has 5 nitrogen and oxygen atoms in total. The van der Waals surface area contributed by atoms with Gasteiger partial charge in [-0.3, -0.25) is 0 Å². The van der Waals surface area contributed by atoms with Crippen LogP contribution in [0.3, 0.4) is 0 Å². The maximum absolute atomic E-state index is 14.0. The number of hydrogen-bond acceptors (Lipinski definition) is 6. The number of nitrogens with one attached hydrogen (secondary N) is 1. The highest BCUT2D eigenvalue weighted by molar-refractivity contribution is 7.09. The highest BCUT2D eigenvalue weighted by Gasteiger charge is 2.22. The number of aliphatic hydroxyl groups is 1. The Balaban J connectivity index is 1.54. The number of rotatable bonds is 5. The molecule has 1 saturated heterocycles. The molecule has 2 N–H and O–H groups in total. The van der Waals surface area contributed by atoms with Crippen LogP contribution in [0, 0.1) is 5.82 Å². The van der Waals surface area contributed by atoms with E-state index in [-0.39, 0.29) is 18.0 Å². The van der Waals surface area contributed by atoms with Crippen molar-refractivity contribution in [1.82, 2.24) is 9.36 Å². The fourth-order valence-corrected chi connectivity index (χ4v) is 4.19. The Hall–Kier alpha value is -2.51. The summed E-state index contributed by atoms with van der Waals surface area (Å²) in [6.45, 7) is 3.54. The summed E-state index contributed by atoms with van der Waals surface area (Å²) in [7, 11) is 0. The van der Waals surface area contributed by atoms with Gasteiger partial charge in [0, 0.05) is 41.4 Å². The summed E-state index contributed by atoms with van der Waals surface area (Å²) in [6.07, 6.45) is 1.22. The van der Waals surface area contributed by atoms with E-state index in [9.17, 15) is 9.50 Å². The van der Waals surface area contributed by atoms with Gasteiger partial charge in [0.1, 0.15) is 5.82 Å². The Morgan fingerprint density at radius 1 is 1.18 bits per heavy atom. The quantitative estimate of drug-likeness (QED) is 0.664. The topological polar surface area (TPSA) is 61.3 Å². The number of halogens is 1. The maximum atomic E-state index is 14.0. The zero-order valence-corrected chi connectivity index (χ0v) is 16.5. The largest absolute Gasteiger partial charge is 0.393 e. The van der Waals surface area contributed by atoms with Crippen LogP contribution in [0.25, 0.3) is 11.4 Å². The van der Waals surface area contributed by atoms with Crippen LogP contribution in [-0.2, 0) is 0 Å². The van der Waals surface area contributed by atoms with E-state index in [1.165, 1.54) is 17.6 Å². The molecule has 1 aliphatic rings. The van der Waals surface area contributed by atoms with Crippen molar-refractivity contribution in [3.63, 3.8) is 0 Å². The molecule has 0 spiro atoms. The van der Waals surface area contributed by atoms with Crippen molar-refractivity contribution in [2.45, 2.75) is 31.9 Å². The number of piperidine rings is 1. The molecule has 0 bridgehead atoms. The highest BCUT2D eigenvalue weighted by atomic mass is 32.1. The lowest BCUT2D eigenvalue weighted by molar-refractivity contribution is 0.145. The van der Waals surface area contributed by atoms with Crippen molar-refractivity contribution >= 4 is 22.4 Å². The van der Waals surface area contributed by atoms with E-state index in [4.69, 9.17) is 0 Å². The van der Waals surface area contributed by atoms with Gasteiger partial charge >= 0.3 is 0 Å². The third-order valence-corrected chi connectivity index (χ3v) is 5.71. The van der Waals surface area contributed by atoms with E-state index in [1.54, 1.807) is 6.07 Å². The van der Waals surface area contributed by atoms with Gasteiger partial charge in [0.25, 0.3) is 0 Å². The lowest BCUT2D eigenvalue weighted by Crippen LogP contribution is -2.36. The minimum absolute atomic E-state index is 0.130. The SMILES string of the molecule is CC(Nc1nc(-c2ccccc2)ns1)c1cc(F)ccc1N1CCC(O)CC1. The molecule has 0 aliphatic carbocycles. The van der Waals surface area contributed by atoms with Crippen LogP contribution in [0.15, 0.2) is 48.5 Å². The Bertz CT molecular complexity index is 925. The molecule has 7 heteroatoms. The lowest BCUT2D eigenvalue weighted by Gasteiger charge is -2.34. The summed E-state index contributed by atoms with van der Waals surface area (Å²) in [5.74, 6) is 0.427. The van der Waals surface area contributed by atoms with Gasteiger partial charge in [-0.05, 0) is 38.0 Å². The third kappa shape index (κ3) is 4.15. The minimum Gasteiger partial charge on any atom is -0.393 e. The first-order valence-electron chi connectivity index (χ1n) is 9.48. The molecule has 1 aromatic heterocycles. The second-order valence-electron chi connectivity index (χ2n) is 7.08. The van der Waals surface area contributed by atoms with Gasteiger partial charge < -0.3 is 15.3 Å². The molecule has 2 aromatic carbocycles. The fraction of sp³-hybridized carbons (Fsp3) is 0.333. The van der Waals surface area contributed by atoms with Crippen molar-refractivity contribution in [3.05, 3.63) is 59.9 Å². The van der Waals surface area contributed by atoms with E-state index >= 15 is 0 Å². The fourth-order valence-electron chi connectivity index (χ4n) is 3.52. The van der Waals surface area contributed by atoms with Crippen LogP contribution in [-0.4, -0.2) is 33.7 Å². The molecular weight excluding hydrogens is 375 g/mol. The Labute approximate surface area is 168 Å². The molecular formula is C21H23FN4OS. The van der Waals surface area contributed by atoms with E-state index in [0.29, 0.717) is 11.0 Å². The molecule has 0 radical (unpaired) electrons. The molecule has 2 heterocycles. The number of nitrogens with zero attached hydrogens (tertiary/aromatic N) is 3. The molecule has 4 rings (SSSR count). The van der Waals surface area contributed by atoms with Gasteiger partial charge in [-0.2, -0.15) is 9.36 Å². The van der Waals surface area contributed by atoms with Crippen LogP contribution in [0.2, 0.25) is 0 Å². The van der Waals surface area contributed by atoms with E-state index in [1.807, 2.05) is 43.3 Å². The van der Waals surface area contributed by atoms with E-state index in [2.05, 4.69) is 19.6 Å². The average Bonchev–Trinajstić information content (AvgIpc) is 3.18. The second-order valence-corrected chi connectivity index (χ2v) is 7.83. The van der Waals surface area contributed by atoms with Crippen LogP contribution in [0.5, 0.6) is 0 Å². The zero-order chi connectivity index (χ0) is 19.5. The molecule has 1 unspecified atom stereocenters. The predicted octanol–water partition coefficient (Wildman–Crippen LogP) is 4.48. The van der Waals surface area contributed by atoms with Gasteiger partial charge in [-0.1, -0.05) is 30.3 Å². The van der Waals surface area contributed by atoms with Gasteiger partial charge in [-0.25, -0.2) is 4.39 Å². The number of aromatic nitrogens is 2. The van der Waals surface area contributed by atoms with Gasteiger partial charge in [-0.15, -0.1) is 0 Å². The van der Waals surface area contributed by atoms with Crippen molar-refractivity contribution in [2.75, 3.05) is 23.3 Å². The van der Waals surface area contributed by atoms with Crippen molar-refractivity contribution in [3.8, 4) is 11.4 Å². The molecule has 0 amide bonds. The van der Waals surface area contributed by atoms with Gasteiger partial charge in [0.05, 0.1) is 12.1 Å². The Morgan fingerprint density at radius 3 is 2.68 bits per heavy atom. The summed E-state index contributed by atoms with van der Waals surface area (Å²) in [5, 5.41) is 13.8. The van der Waals surface area contributed by atoms with E-state index in [0.717, 1.165) is 42.7 Å². The molecule has 1 atom stereocenters. The number of anilines is 2. The summed E-state index contributed by atoms with van der Waals surface area (Å²) in [5.41, 5.74) is 2.85. The Morgan fingerprint density at radius 2 is 1.93 bits per heavy atom. The van der Waals surface area contributed by atoms with E-state index < -0.39 is 0 Å². The smallest absolute Gasteiger partial charge is 0.203 e. The van der Waals surface area contributed by atoms with Gasteiger partial charge in [0.2, 0.25) is 5.13 Å². The van der Waals surface area contributed by atoms with Crippen LogP contribution >= 0.6 is 11.5 Å². The first-order valence-corrected chi connectivity index (χ1v) is 10.3. The molecule has 28 heavy (non-hydrogen) atoms. The van der Waals surface area contributed by atoms with Crippen LogP contribution in [0.4, 0.5) is 15.2 Å². The first kappa shape index (κ1) is 18.8. The normalized spacial score (nSPS) is 16.2. The summed E-state index contributed by atoms with van der Waals surface area (Å²) in [4.78, 5) is 6.79. The molecule has 0 saturated carbocycles. The zero-order valence-electron chi connectivity index (χ0n) is 15.7. The number of hydrogen-bond donors (Lipinski definition) is 2. The monoisotopic (exact) mass is 398 g/mol. The average molecular weight is 399 g/mol. The van der Waals surface area contributed by atoms with Crippen molar-refractivity contribution in [1.29, 1.82) is 0 Å². The van der Waals surface area contributed by atoms with Crippen molar-refractivity contribution < 1.29 is 9.50 Å². The Kier molecular flexibility index (Phi) is 5.54.